The van der Waals surface area contributed by atoms with Crippen molar-refractivity contribution in [2.45, 2.75) is 13.0 Å². The Labute approximate surface area is 119 Å². The average molecular weight is 285 g/mol. The van der Waals surface area contributed by atoms with Crippen molar-refractivity contribution in [3.8, 4) is 0 Å². The predicted molar refractivity (Wildman–Crippen MR) is 75.9 cm³/mol. The van der Waals surface area contributed by atoms with Crippen LogP contribution in [-0.2, 0) is 4.74 Å². The van der Waals surface area contributed by atoms with Crippen LogP contribution in [0.3, 0.4) is 0 Å². The van der Waals surface area contributed by atoms with Crippen LogP contribution in [0.1, 0.15) is 18.6 Å². The number of nitrogens with zero attached hydrogens (tertiary/aromatic N) is 1. The van der Waals surface area contributed by atoms with E-state index in [1.54, 1.807) is 25.3 Å². The smallest absolute Gasteiger partial charge is 0.129 e. The fraction of sp³-hybridized carbons (Fsp3) is 0.600. The first-order valence-corrected chi connectivity index (χ1v) is 6.84. The molecule has 114 valence electrons. The van der Waals surface area contributed by atoms with Crippen LogP contribution in [0.4, 0.5) is 4.39 Å². The predicted octanol–water partition coefficient (Wildman–Crippen LogP) is 1.44. The molecule has 2 N–H and O–H groups in total. The highest BCUT2D eigenvalue weighted by Crippen LogP contribution is 2.24. The maximum Gasteiger partial charge on any atom is 0.129 e. The Morgan fingerprint density at radius 1 is 1.30 bits per heavy atom. The quantitative estimate of drug-likeness (QED) is 0.721. The Hall–Kier alpha value is -1.01. The van der Waals surface area contributed by atoms with E-state index in [4.69, 9.17) is 9.84 Å². The Kier molecular flexibility index (Phi) is 7.69. The van der Waals surface area contributed by atoms with Gasteiger partial charge in [0.15, 0.2) is 0 Å². The second kappa shape index (κ2) is 9.02. The van der Waals surface area contributed by atoms with Gasteiger partial charge in [0, 0.05) is 32.3 Å². The minimum absolute atomic E-state index is 0.0478. The average Bonchev–Trinajstić information content (AvgIpc) is 2.44. The first-order chi connectivity index (χ1) is 9.60. The van der Waals surface area contributed by atoms with Crippen LogP contribution in [0.25, 0.3) is 0 Å². The molecule has 0 heterocycles. The van der Waals surface area contributed by atoms with Crippen molar-refractivity contribution in [2.24, 2.45) is 5.92 Å². The Morgan fingerprint density at radius 2 is 2.00 bits per heavy atom. The SMILES string of the molecule is COCCN(CCO)CC(C)C(O)c1ccccc1F. The van der Waals surface area contributed by atoms with E-state index in [1.807, 2.05) is 11.8 Å². The third-order valence-corrected chi connectivity index (χ3v) is 3.34. The molecule has 1 rings (SSSR count). The zero-order chi connectivity index (χ0) is 15.0. The van der Waals surface area contributed by atoms with Crippen LogP contribution in [0.2, 0.25) is 0 Å². The summed E-state index contributed by atoms with van der Waals surface area (Å²) in [5, 5.41) is 19.3. The molecule has 2 unspecified atom stereocenters. The topological polar surface area (TPSA) is 52.9 Å². The van der Waals surface area contributed by atoms with E-state index in [0.29, 0.717) is 31.8 Å². The number of benzene rings is 1. The molecular formula is C15H24FNO3. The number of rotatable bonds is 9. The van der Waals surface area contributed by atoms with Crippen molar-refractivity contribution in [3.05, 3.63) is 35.6 Å². The van der Waals surface area contributed by atoms with Gasteiger partial charge in [0.2, 0.25) is 0 Å². The highest BCUT2D eigenvalue weighted by Gasteiger charge is 2.21. The Balaban J connectivity index is 2.63. The van der Waals surface area contributed by atoms with Gasteiger partial charge in [-0.3, -0.25) is 4.90 Å². The second-order valence-corrected chi connectivity index (χ2v) is 4.96. The monoisotopic (exact) mass is 285 g/mol. The maximum atomic E-state index is 13.7. The van der Waals surface area contributed by atoms with Crippen molar-refractivity contribution in [1.82, 2.24) is 4.90 Å². The number of halogens is 1. The summed E-state index contributed by atoms with van der Waals surface area (Å²) in [4.78, 5) is 2.00. The number of ether oxygens (including phenoxy) is 1. The molecule has 0 fully saturated rings. The van der Waals surface area contributed by atoms with Gasteiger partial charge in [-0.05, 0) is 12.0 Å². The van der Waals surface area contributed by atoms with Gasteiger partial charge < -0.3 is 14.9 Å². The van der Waals surface area contributed by atoms with Crippen molar-refractivity contribution < 1.29 is 19.3 Å². The molecule has 5 heteroatoms. The van der Waals surface area contributed by atoms with Gasteiger partial charge >= 0.3 is 0 Å². The lowest BCUT2D eigenvalue weighted by Gasteiger charge is -2.27. The van der Waals surface area contributed by atoms with Crippen LogP contribution in [0, 0.1) is 11.7 Å². The van der Waals surface area contributed by atoms with E-state index in [1.165, 1.54) is 6.07 Å². The summed E-state index contributed by atoms with van der Waals surface area (Å²) >= 11 is 0. The maximum absolute atomic E-state index is 13.7. The van der Waals surface area contributed by atoms with Crippen molar-refractivity contribution in [2.75, 3.05) is 40.0 Å². The zero-order valence-corrected chi connectivity index (χ0v) is 12.1. The number of aliphatic hydroxyl groups is 2. The molecule has 0 aliphatic rings. The molecule has 0 aromatic heterocycles. The van der Waals surface area contributed by atoms with Crippen molar-refractivity contribution in [1.29, 1.82) is 0 Å². The molecule has 0 bridgehead atoms. The number of aliphatic hydroxyl groups excluding tert-OH is 2. The van der Waals surface area contributed by atoms with E-state index in [2.05, 4.69) is 0 Å². The van der Waals surface area contributed by atoms with Crippen LogP contribution < -0.4 is 0 Å². The summed E-state index contributed by atoms with van der Waals surface area (Å²) in [6, 6.07) is 6.27. The first kappa shape index (κ1) is 17.0. The zero-order valence-electron chi connectivity index (χ0n) is 12.1. The summed E-state index contributed by atoms with van der Waals surface area (Å²) < 4.78 is 18.7. The summed E-state index contributed by atoms with van der Waals surface area (Å²) in [5.74, 6) is -0.534. The van der Waals surface area contributed by atoms with Crippen LogP contribution in [0.15, 0.2) is 24.3 Å². The minimum atomic E-state index is -0.861. The van der Waals surface area contributed by atoms with Crippen LogP contribution >= 0.6 is 0 Å². The van der Waals surface area contributed by atoms with Gasteiger partial charge in [-0.25, -0.2) is 4.39 Å². The molecule has 0 saturated heterocycles. The lowest BCUT2D eigenvalue weighted by atomic mass is 9.96. The fourth-order valence-electron chi connectivity index (χ4n) is 2.18. The molecule has 4 nitrogen and oxygen atoms in total. The fourth-order valence-corrected chi connectivity index (χ4v) is 2.18. The summed E-state index contributed by atoms with van der Waals surface area (Å²) in [6.07, 6.45) is -0.861. The number of methoxy groups -OCH3 is 1. The second-order valence-electron chi connectivity index (χ2n) is 4.96. The van der Waals surface area contributed by atoms with Crippen LogP contribution in [0.5, 0.6) is 0 Å². The molecule has 0 spiro atoms. The summed E-state index contributed by atoms with van der Waals surface area (Å²) in [5.41, 5.74) is 0.315. The van der Waals surface area contributed by atoms with Crippen molar-refractivity contribution >= 4 is 0 Å². The standard InChI is InChI=1S/C15H24FNO3/c1-12(11-17(7-9-18)8-10-20-2)15(19)13-5-3-4-6-14(13)16/h3-6,12,15,18-19H,7-11H2,1-2H3. The molecule has 20 heavy (non-hydrogen) atoms. The van der Waals surface area contributed by atoms with Crippen molar-refractivity contribution in [3.63, 3.8) is 0 Å². The molecule has 0 aliphatic carbocycles. The number of hydrogen-bond donors (Lipinski definition) is 2. The molecule has 0 amide bonds. The van der Waals surface area contributed by atoms with E-state index in [9.17, 15) is 9.50 Å². The lowest BCUT2D eigenvalue weighted by molar-refractivity contribution is 0.0666. The largest absolute Gasteiger partial charge is 0.395 e. The molecule has 0 saturated carbocycles. The van der Waals surface area contributed by atoms with E-state index in [-0.39, 0.29) is 12.5 Å². The highest BCUT2D eigenvalue weighted by atomic mass is 19.1. The molecular weight excluding hydrogens is 261 g/mol. The Bertz CT molecular complexity index is 389. The molecule has 0 radical (unpaired) electrons. The van der Waals surface area contributed by atoms with Crippen LogP contribution in [-0.4, -0.2) is 55.1 Å². The lowest BCUT2D eigenvalue weighted by Crippen LogP contribution is -2.35. The molecule has 2 atom stereocenters. The highest BCUT2D eigenvalue weighted by molar-refractivity contribution is 5.20. The number of hydrogen-bond acceptors (Lipinski definition) is 4. The summed E-state index contributed by atoms with van der Waals surface area (Å²) in [6.45, 7) is 4.23. The first-order valence-electron chi connectivity index (χ1n) is 6.84. The van der Waals surface area contributed by atoms with Gasteiger partial charge in [0.05, 0.1) is 19.3 Å². The normalized spacial score (nSPS) is 14.5. The van der Waals surface area contributed by atoms with Gasteiger partial charge in [-0.1, -0.05) is 25.1 Å². The van der Waals surface area contributed by atoms with Gasteiger partial charge in [-0.15, -0.1) is 0 Å². The summed E-state index contributed by atoms with van der Waals surface area (Å²) in [7, 11) is 1.62. The molecule has 0 aliphatic heterocycles. The van der Waals surface area contributed by atoms with E-state index >= 15 is 0 Å². The van der Waals surface area contributed by atoms with Gasteiger partial charge in [-0.2, -0.15) is 0 Å². The third kappa shape index (κ3) is 5.17. The van der Waals surface area contributed by atoms with Gasteiger partial charge in [0.25, 0.3) is 0 Å². The third-order valence-electron chi connectivity index (χ3n) is 3.34. The molecule has 1 aromatic rings. The molecule has 1 aromatic carbocycles. The van der Waals surface area contributed by atoms with E-state index < -0.39 is 11.9 Å². The van der Waals surface area contributed by atoms with Gasteiger partial charge in [0.1, 0.15) is 5.82 Å². The Morgan fingerprint density at radius 3 is 2.60 bits per heavy atom. The van der Waals surface area contributed by atoms with E-state index in [0.717, 1.165) is 0 Å². The minimum Gasteiger partial charge on any atom is -0.395 e.